The molecule has 0 aliphatic carbocycles. The van der Waals surface area contributed by atoms with Crippen LogP contribution in [-0.4, -0.2) is 30.8 Å². The molecule has 1 atom stereocenters. The molecular weight excluding hydrogens is 306 g/mol. The van der Waals surface area contributed by atoms with Crippen molar-refractivity contribution >= 4 is 6.09 Å². The fourth-order valence-corrected chi connectivity index (χ4v) is 2.26. The van der Waals surface area contributed by atoms with Gasteiger partial charge in [0.15, 0.2) is 0 Å². The smallest absolute Gasteiger partial charge is 0.411 e. The van der Waals surface area contributed by atoms with Gasteiger partial charge in [0.25, 0.3) is 0 Å². The zero-order chi connectivity index (χ0) is 17.4. The van der Waals surface area contributed by atoms with E-state index in [9.17, 15) is 4.79 Å². The second-order valence-electron chi connectivity index (χ2n) is 5.28. The first-order chi connectivity index (χ1) is 11.7. The third kappa shape index (κ3) is 4.71. The monoisotopic (exact) mass is 329 g/mol. The predicted molar refractivity (Wildman–Crippen MR) is 92.2 cm³/mol. The van der Waals surface area contributed by atoms with Crippen LogP contribution >= 0.6 is 0 Å². The molecule has 0 fully saturated rings. The molecular formula is C18H23N3O3. The average Bonchev–Trinajstić information content (AvgIpc) is 2.64. The normalized spacial score (nSPS) is 11.6. The third-order valence-electron chi connectivity index (χ3n) is 3.61. The summed E-state index contributed by atoms with van der Waals surface area (Å²) in [6.45, 7) is 0.574. The van der Waals surface area contributed by atoms with E-state index in [-0.39, 0.29) is 19.7 Å². The van der Waals surface area contributed by atoms with E-state index < -0.39 is 12.3 Å². The van der Waals surface area contributed by atoms with Crippen LogP contribution in [0.1, 0.15) is 11.1 Å². The fourth-order valence-electron chi connectivity index (χ4n) is 2.26. The maximum Gasteiger partial charge on any atom is 0.411 e. The minimum absolute atomic E-state index is 0.135. The highest BCUT2D eigenvalue weighted by Crippen LogP contribution is 2.20. The van der Waals surface area contributed by atoms with Gasteiger partial charge in [-0.25, -0.2) is 4.79 Å². The maximum atomic E-state index is 12.4. The summed E-state index contributed by atoms with van der Waals surface area (Å²) >= 11 is 0. The van der Waals surface area contributed by atoms with Crippen molar-refractivity contribution in [1.29, 1.82) is 0 Å². The molecule has 0 saturated heterocycles. The van der Waals surface area contributed by atoms with E-state index in [2.05, 4.69) is 0 Å². The molecule has 6 nitrogen and oxygen atoms in total. The van der Waals surface area contributed by atoms with Crippen LogP contribution in [0.4, 0.5) is 4.79 Å². The second kappa shape index (κ2) is 8.90. The SMILES string of the molecule is COc1ccccc1CN(C(=O)OCc1ccccc1)C(N)CN. The van der Waals surface area contributed by atoms with Gasteiger partial charge in [-0.3, -0.25) is 4.90 Å². The van der Waals surface area contributed by atoms with E-state index in [1.165, 1.54) is 4.90 Å². The number of methoxy groups -OCH3 is 1. The Labute approximate surface area is 142 Å². The number of carbonyl (C=O) groups is 1. The van der Waals surface area contributed by atoms with Crippen molar-refractivity contribution in [2.24, 2.45) is 11.5 Å². The van der Waals surface area contributed by atoms with Crippen molar-refractivity contribution in [1.82, 2.24) is 4.90 Å². The minimum atomic E-state index is -0.641. The van der Waals surface area contributed by atoms with Gasteiger partial charge in [-0.15, -0.1) is 0 Å². The summed E-state index contributed by atoms with van der Waals surface area (Å²) in [5.41, 5.74) is 13.4. The summed E-state index contributed by atoms with van der Waals surface area (Å²) in [6.07, 6.45) is -1.15. The predicted octanol–water partition coefficient (Wildman–Crippen LogP) is 2.08. The van der Waals surface area contributed by atoms with Gasteiger partial charge < -0.3 is 20.9 Å². The molecule has 6 heteroatoms. The molecule has 1 unspecified atom stereocenters. The Morgan fingerprint density at radius 3 is 2.46 bits per heavy atom. The highest BCUT2D eigenvalue weighted by atomic mass is 16.6. The van der Waals surface area contributed by atoms with Gasteiger partial charge in [-0.2, -0.15) is 0 Å². The van der Waals surface area contributed by atoms with Crippen LogP contribution < -0.4 is 16.2 Å². The number of para-hydroxylation sites is 1. The molecule has 2 rings (SSSR count). The van der Waals surface area contributed by atoms with Gasteiger partial charge in [0, 0.05) is 12.1 Å². The molecule has 0 aliphatic heterocycles. The summed E-state index contributed by atoms with van der Waals surface area (Å²) in [4.78, 5) is 13.9. The topological polar surface area (TPSA) is 90.8 Å². The van der Waals surface area contributed by atoms with Crippen LogP contribution in [0.25, 0.3) is 0 Å². The van der Waals surface area contributed by atoms with Gasteiger partial charge in [-0.1, -0.05) is 48.5 Å². The Morgan fingerprint density at radius 1 is 1.12 bits per heavy atom. The Hall–Kier alpha value is -2.57. The number of amides is 1. The largest absolute Gasteiger partial charge is 0.496 e. The number of hydrogen-bond donors (Lipinski definition) is 2. The lowest BCUT2D eigenvalue weighted by Gasteiger charge is -2.28. The van der Waals surface area contributed by atoms with Gasteiger partial charge >= 0.3 is 6.09 Å². The quantitative estimate of drug-likeness (QED) is 0.759. The molecule has 0 spiro atoms. The first kappa shape index (κ1) is 17.8. The van der Waals surface area contributed by atoms with E-state index in [0.29, 0.717) is 5.75 Å². The van der Waals surface area contributed by atoms with Crippen LogP contribution in [0, 0.1) is 0 Å². The zero-order valence-electron chi connectivity index (χ0n) is 13.7. The molecule has 0 heterocycles. The van der Waals surface area contributed by atoms with Gasteiger partial charge in [0.2, 0.25) is 0 Å². The highest BCUT2D eigenvalue weighted by molar-refractivity contribution is 5.68. The van der Waals surface area contributed by atoms with Crippen LogP contribution in [0.3, 0.4) is 0 Å². The Kier molecular flexibility index (Phi) is 6.60. The maximum absolute atomic E-state index is 12.4. The lowest BCUT2D eigenvalue weighted by atomic mass is 10.2. The molecule has 0 bridgehead atoms. The first-order valence-electron chi connectivity index (χ1n) is 7.70. The molecule has 2 aromatic rings. The summed E-state index contributed by atoms with van der Waals surface area (Å²) in [5, 5.41) is 0. The standard InChI is InChI=1S/C18H23N3O3/c1-23-16-10-6-5-9-15(16)12-21(17(20)11-19)18(22)24-13-14-7-3-2-4-8-14/h2-10,17H,11-13,19-20H2,1H3. The van der Waals surface area contributed by atoms with Crippen LogP contribution in [0.15, 0.2) is 54.6 Å². The molecule has 0 saturated carbocycles. The number of nitrogens with zero attached hydrogens (tertiary/aromatic N) is 1. The van der Waals surface area contributed by atoms with Crippen LogP contribution in [0.5, 0.6) is 5.75 Å². The third-order valence-corrected chi connectivity index (χ3v) is 3.61. The summed E-state index contributed by atoms with van der Waals surface area (Å²) in [7, 11) is 1.58. The number of rotatable bonds is 7. The van der Waals surface area contributed by atoms with Crippen molar-refractivity contribution in [2.45, 2.75) is 19.3 Å². The fraction of sp³-hybridized carbons (Fsp3) is 0.278. The molecule has 0 aromatic heterocycles. The Morgan fingerprint density at radius 2 is 1.79 bits per heavy atom. The molecule has 2 aromatic carbocycles. The van der Waals surface area contributed by atoms with Gasteiger partial charge in [0.1, 0.15) is 12.4 Å². The summed E-state index contributed by atoms with van der Waals surface area (Å²) in [6, 6.07) is 16.9. The Bertz CT molecular complexity index is 649. The molecule has 24 heavy (non-hydrogen) atoms. The molecule has 128 valence electrons. The summed E-state index contributed by atoms with van der Waals surface area (Å²) in [5.74, 6) is 0.683. The lowest BCUT2D eigenvalue weighted by Crippen LogP contribution is -2.49. The number of hydrogen-bond acceptors (Lipinski definition) is 5. The Balaban J connectivity index is 2.08. The van der Waals surface area contributed by atoms with E-state index in [1.54, 1.807) is 7.11 Å². The minimum Gasteiger partial charge on any atom is -0.496 e. The molecule has 0 aliphatic rings. The van der Waals surface area contributed by atoms with E-state index in [1.807, 2.05) is 54.6 Å². The number of ether oxygens (including phenoxy) is 2. The lowest BCUT2D eigenvalue weighted by molar-refractivity contribution is 0.0789. The van der Waals surface area contributed by atoms with E-state index >= 15 is 0 Å². The highest BCUT2D eigenvalue weighted by Gasteiger charge is 2.22. The van der Waals surface area contributed by atoms with Crippen molar-refractivity contribution < 1.29 is 14.3 Å². The molecule has 4 N–H and O–H groups in total. The van der Waals surface area contributed by atoms with Gasteiger partial charge in [0.05, 0.1) is 19.8 Å². The van der Waals surface area contributed by atoms with Gasteiger partial charge in [-0.05, 0) is 11.6 Å². The molecule has 0 radical (unpaired) electrons. The van der Waals surface area contributed by atoms with E-state index in [0.717, 1.165) is 11.1 Å². The number of carbonyl (C=O) groups excluding carboxylic acids is 1. The summed E-state index contributed by atoms with van der Waals surface area (Å²) < 4.78 is 10.7. The van der Waals surface area contributed by atoms with Crippen molar-refractivity contribution in [3.63, 3.8) is 0 Å². The second-order valence-corrected chi connectivity index (χ2v) is 5.28. The van der Waals surface area contributed by atoms with Crippen LogP contribution in [-0.2, 0) is 17.9 Å². The van der Waals surface area contributed by atoms with Crippen molar-refractivity contribution in [3.8, 4) is 5.75 Å². The molecule has 1 amide bonds. The number of benzene rings is 2. The van der Waals surface area contributed by atoms with E-state index in [4.69, 9.17) is 20.9 Å². The van der Waals surface area contributed by atoms with Crippen molar-refractivity contribution in [2.75, 3.05) is 13.7 Å². The van der Waals surface area contributed by atoms with Crippen LogP contribution in [0.2, 0.25) is 0 Å². The average molecular weight is 329 g/mol. The number of nitrogens with two attached hydrogens (primary N) is 2. The van der Waals surface area contributed by atoms with Crippen molar-refractivity contribution in [3.05, 3.63) is 65.7 Å². The zero-order valence-corrected chi connectivity index (χ0v) is 13.7. The first-order valence-corrected chi connectivity index (χ1v) is 7.70.